The first-order chi connectivity index (χ1) is 15.9. The van der Waals surface area contributed by atoms with E-state index in [2.05, 4.69) is 16.9 Å². The molecule has 3 heterocycles. The van der Waals surface area contributed by atoms with Crippen molar-refractivity contribution in [2.24, 2.45) is 0 Å². The van der Waals surface area contributed by atoms with Crippen LogP contribution in [0, 0.1) is 20.8 Å². The van der Waals surface area contributed by atoms with Crippen LogP contribution in [0.15, 0.2) is 52.3 Å². The summed E-state index contributed by atoms with van der Waals surface area (Å²) in [5.74, 6) is 0.469. The van der Waals surface area contributed by atoms with Crippen molar-refractivity contribution in [3.05, 3.63) is 79.4 Å². The zero-order chi connectivity index (χ0) is 23.5. The fourth-order valence-electron chi connectivity index (χ4n) is 3.32. The second kappa shape index (κ2) is 10.0. The molecular formula is C24H24N4O2S3. The lowest BCUT2D eigenvalue weighted by atomic mass is 10.2. The molecule has 0 atom stereocenters. The molecule has 0 radical (unpaired) electrons. The van der Waals surface area contributed by atoms with Crippen LogP contribution < -0.4 is 10.9 Å². The first-order valence-corrected chi connectivity index (χ1v) is 13.1. The number of allylic oxidation sites excluding steroid dienone is 1. The number of amides is 1. The number of hydrogen-bond donors (Lipinski definition) is 1. The van der Waals surface area contributed by atoms with Crippen molar-refractivity contribution in [2.75, 3.05) is 5.32 Å². The number of carbonyl (C=O) groups is 1. The molecule has 4 rings (SSSR count). The highest BCUT2D eigenvalue weighted by Crippen LogP contribution is 2.29. The largest absolute Gasteiger partial charge is 0.326 e. The number of benzene rings is 1. The summed E-state index contributed by atoms with van der Waals surface area (Å²) in [7, 11) is 0. The molecule has 0 aliphatic carbocycles. The van der Waals surface area contributed by atoms with Gasteiger partial charge in [-0.05, 0) is 38.5 Å². The summed E-state index contributed by atoms with van der Waals surface area (Å²) in [6.07, 6.45) is 1.93. The minimum Gasteiger partial charge on any atom is -0.326 e. The Morgan fingerprint density at radius 1 is 1.21 bits per heavy atom. The van der Waals surface area contributed by atoms with Crippen LogP contribution >= 0.6 is 34.4 Å². The van der Waals surface area contributed by atoms with Gasteiger partial charge in [0, 0.05) is 28.2 Å². The van der Waals surface area contributed by atoms with Crippen LogP contribution in [0.25, 0.3) is 10.2 Å². The van der Waals surface area contributed by atoms with E-state index in [1.54, 1.807) is 22.0 Å². The number of carbonyl (C=O) groups excluding carboxylic acids is 1. The number of aromatic nitrogens is 3. The summed E-state index contributed by atoms with van der Waals surface area (Å²) in [5, 5.41) is 6.96. The van der Waals surface area contributed by atoms with Gasteiger partial charge in [0.25, 0.3) is 5.56 Å². The minimum atomic E-state index is -0.0946. The van der Waals surface area contributed by atoms with Crippen molar-refractivity contribution in [1.29, 1.82) is 0 Å². The Labute approximate surface area is 204 Å². The lowest BCUT2D eigenvalue weighted by Gasteiger charge is -2.09. The van der Waals surface area contributed by atoms with Gasteiger partial charge >= 0.3 is 0 Å². The van der Waals surface area contributed by atoms with Gasteiger partial charge in [-0.3, -0.25) is 14.2 Å². The number of thiophene rings is 1. The number of aryl methyl sites for hydroxylation is 3. The Morgan fingerprint density at radius 2 is 1.97 bits per heavy atom. The first kappa shape index (κ1) is 23.4. The number of hydrogen-bond acceptors (Lipinski definition) is 7. The Kier molecular flexibility index (Phi) is 7.11. The second-order valence-corrected chi connectivity index (χ2v) is 10.8. The molecule has 0 aliphatic heterocycles. The third-order valence-electron chi connectivity index (χ3n) is 5.16. The predicted molar refractivity (Wildman–Crippen MR) is 139 cm³/mol. The maximum atomic E-state index is 13.1. The predicted octanol–water partition coefficient (Wildman–Crippen LogP) is 5.50. The van der Waals surface area contributed by atoms with Crippen LogP contribution in [-0.2, 0) is 23.5 Å². The van der Waals surface area contributed by atoms with Gasteiger partial charge in [-0.15, -0.1) is 29.3 Å². The van der Waals surface area contributed by atoms with Crippen molar-refractivity contribution in [3.63, 3.8) is 0 Å². The lowest BCUT2D eigenvalue weighted by molar-refractivity contribution is -0.115. The Balaban J connectivity index is 1.46. The summed E-state index contributed by atoms with van der Waals surface area (Å²) in [6, 6.07) is 7.70. The van der Waals surface area contributed by atoms with E-state index < -0.39 is 0 Å². The number of fused-ring (bicyclic) bond motifs is 1. The Hall–Kier alpha value is -2.75. The average molecular weight is 497 g/mol. The summed E-state index contributed by atoms with van der Waals surface area (Å²) >= 11 is 4.48. The molecule has 0 bridgehead atoms. The molecule has 0 spiro atoms. The van der Waals surface area contributed by atoms with E-state index in [0.717, 1.165) is 37.2 Å². The quantitative estimate of drug-likeness (QED) is 0.198. The van der Waals surface area contributed by atoms with Crippen molar-refractivity contribution in [1.82, 2.24) is 14.5 Å². The topological polar surface area (TPSA) is 76.9 Å². The highest BCUT2D eigenvalue weighted by atomic mass is 32.2. The second-order valence-electron chi connectivity index (χ2n) is 7.67. The monoisotopic (exact) mass is 496 g/mol. The van der Waals surface area contributed by atoms with Crippen molar-refractivity contribution in [3.8, 4) is 0 Å². The van der Waals surface area contributed by atoms with Gasteiger partial charge in [0.1, 0.15) is 9.84 Å². The number of thiazole rings is 1. The van der Waals surface area contributed by atoms with E-state index in [1.165, 1.54) is 23.1 Å². The first-order valence-electron chi connectivity index (χ1n) is 10.4. The van der Waals surface area contributed by atoms with Gasteiger partial charge in [0.15, 0.2) is 5.16 Å². The van der Waals surface area contributed by atoms with E-state index in [1.807, 2.05) is 50.4 Å². The number of nitrogens with one attached hydrogen (secondary N) is 1. The molecule has 1 N–H and O–H groups in total. The number of thioether (sulfide) groups is 1. The summed E-state index contributed by atoms with van der Waals surface area (Å²) in [4.78, 5) is 36.7. The van der Waals surface area contributed by atoms with Crippen LogP contribution in [0.5, 0.6) is 0 Å². The van der Waals surface area contributed by atoms with Crippen molar-refractivity contribution >= 4 is 56.2 Å². The zero-order valence-electron chi connectivity index (χ0n) is 18.7. The van der Waals surface area contributed by atoms with E-state index >= 15 is 0 Å². The molecule has 0 unspecified atom stereocenters. The maximum absolute atomic E-state index is 13.1. The van der Waals surface area contributed by atoms with Crippen LogP contribution in [0.4, 0.5) is 5.69 Å². The van der Waals surface area contributed by atoms with Crippen LogP contribution in [0.2, 0.25) is 0 Å². The highest BCUT2D eigenvalue weighted by Gasteiger charge is 2.17. The molecular weight excluding hydrogens is 472 g/mol. The third kappa shape index (κ3) is 5.26. The SMILES string of the molecule is C=CCn1c(SCc2csc(CC(=O)Nc3ccc(C)cc3)n2)nc2sc(C)c(C)c2c1=O. The number of anilines is 1. The molecule has 0 saturated heterocycles. The maximum Gasteiger partial charge on any atom is 0.263 e. The van der Waals surface area contributed by atoms with Crippen molar-refractivity contribution in [2.45, 2.75) is 44.6 Å². The smallest absolute Gasteiger partial charge is 0.263 e. The molecule has 0 fully saturated rings. The van der Waals surface area contributed by atoms with Crippen LogP contribution in [0.3, 0.4) is 0 Å². The Bertz CT molecular complexity index is 1380. The summed E-state index contributed by atoms with van der Waals surface area (Å²) < 4.78 is 1.67. The van der Waals surface area contributed by atoms with Gasteiger partial charge in [-0.2, -0.15) is 0 Å². The molecule has 0 aliphatic rings. The molecule has 0 saturated carbocycles. The van der Waals surface area contributed by atoms with E-state index in [4.69, 9.17) is 4.98 Å². The highest BCUT2D eigenvalue weighted by molar-refractivity contribution is 7.98. The third-order valence-corrected chi connectivity index (χ3v) is 8.17. The van der Waals surface area contributed by atoms with Crippen molar-refractivity contribution < 1.29 is 4.79 Å². The molecule has 33 heavy (non-hydrogen) atoms. The number of rotatable bonds is 8. The van der Waals surface area contributed by atoms with E-state index in [9.17, 15) is 9.59 Å². The van der Waals surface area contributed by atoms with Gasteiger partial charge in [-0.1, -0.05) is 35.5 Å². The van der Waals surface area contributed by atoms with Gasteiger partial charge in [-0.25, -0.2) is 9.97 Å². The summed E-state index contributed by atoms with van der Waals surface area (Å²) in [6.45, 7) is 10.2. The average Bonchev–Trinajstić information content (AvgIpc) is 3.34. The number of nitrogens with zero attached hydrogens (tertiary/aromatic N) is 3. The van der Waals surface area contributed by atoms with E-state index in [0.29, 0.717) is 22.8 Å². The normalized spacial score (nSPS) is 11.1. The zero-order valence-corrected chi connectivity index (χ0v) is 21.1. The molecule has 4 aromatic rings. The molecule has 1 amide bonds. The van der Waals surface area contributed by atoms with Gasteiger partial charge in [0.05, 0.1) is 17.5 Å². The fourth-order valence-corrected chi connectivity index (χ4v) is 6.19. The van der Waals surface area contributed by atoms with Crippen LogP contribution in [-0.4, -0.2) is 20.4 Å². The molecule has 170 valence electrons. The van der Waals surface area contributed by atoms with Crippen LogP contribution in [0.1, 0.15) is 26.7 Å². The van der Waals surface area contributed by atoms with Gasteiger partial charge in [0.2, 0.25) is 5.91 Å². The molecule has 6 nitrogen and oxygen atoms in total. The summed E-state index contributed by atoms with van der Waals surface area (Å²) in [5.41, 5.74) is 3.75. The lowest BCUT2D eigenvalue weighted by Crippen LogP contribution is -2.22. The molecule has 3 aromatic heterocycles. The standard InChI is InChI=1S/C24H24N4O2S3/c1-5-10-28-23(30)21-15(3)16(4)33-22(21)27-24(28)32-13-18-12-31-20(26-18)11-19(29)25-17-8-6-14(2)7-9-17/h5-9,12H,1,10-11,13H2,2-4H3,(H,25,29). The van der Waals surface area contributed by atoms with E-state index in [-0.39, 0.29) is 17.9 Å². The molecule has 9 heteroatoms. The minimum absolute atomic E-state index is 0.0315. The Morgan fingerprint density at radius 3 is 2.70 bits per heavy atom. The van der Waals surface area contributed by atoms with Gasteiger partial charge < -0.3 is 5.32 Å². The molecule has 1 aromatic carbocycles. The fraction of sp³-hybridized carbons (Fsp3) is 0.250.